The Labute approximate surface area is 125 Å². The molecule has 1 aliphatic carbocycles. The topological polar surface area (TPSA) is 12.0 Å². The maximum Gasteiger partial charge on any atom is 0.0294 e. The fourth-order valence-electron chi connectivity index (χ4n) is 2.95. The highest BCUT2D eigenvalue weighted by Gasteiger charge is 2.32. The van der Waals surface area contributed by atoms with Crippen molar-refractivity contribution < 1.29 is 0 Å². The van der Waals surface area contributed by atoms with Crippen LogP contribution in [0.3, 0.4) is 0 Å². The fraction of sp³-hybridized carbons (Fsp3) is 0.625. The lowest BCUT2D eigenvalue weighted by Crippen LogP contribution is -2.45. The molecule has 1 saturated carbocycles. The molecule has 0 aliphatic heterocycles. The minimum absolute atomic E-state index is 0.440. The van der Waals surface area contributed by atoms with E-state index in [9.17, 15) is 0 Å². The summed E-state index contributed by atoms with van der Waals surface area (Å²) in [5, 5.41) is 3.84. The van der Waals surface area contributed by atoms with Crippen LogP contribution in [0, 0.1) is 8.99 Å². The number of hydrogen-bond donors (Lipinski definition) is 1. The summed E-state index contributed by atoms with van der Waals surface area (Å²) in [6.07, 6.45) is 5.44. The molecule has 18 heavy (non-hydrogen) atoms. The van der Waals surface area contributed by atoms with E-state index < -0.39 is 0 Å². The van der Waals surface area contributed by atoms with Crippen molar-refractivity contribution in [3.05, 3.63) is 33.4 Å². The summed E-state index contributed by atoms with van der Waals surface area (Å²) >= 11 is 2.36. The molecular weight excluding hydrogens is 333 g/mol. The minimum atomic E-state index is 0.440. The molecule has 2 atom stereocenters. The standard InChI is InChI=1S/C16H24IN/c1-12(13-7-9-14(17)10-8-13)18-15-6-4-5-11-16(15,2)3/h7-10,12,15,18H,4-6,11H2,1-3H3. The molecule has 0 amide bonds. The van der Waals surface area contributed by atoms with Crippen LogP contribution in [-0.4, -0.2) is 6.04 Å². The molecule has 1 N–H and O–H groups in total. The highest BCUT2D eigenvalue weighted by molar-refractivity contribution is 14.1. The van der Waals surface area contributed by atoms with Gasteiger partial charge in [-0.3, -0.25) is 0 Å². The summed E-state index contributed by atoms with van der Waals surface area (Å²) < 4.78 is 1.31. The normalized spacial score (nSPS) is 24.8. The summed E-state index contributed by atoms with van der Waals surface area (Å²) in [5.41, 5.74) is 1.84. The van der Waals surface area contributed by atoms with Gasteiger partial charge in [0, 0.05) is 15.7 Å². The molecule has 1 fully saturated rings. The Kier molecular flexibility index (Phi) is 4.70. The van der Waals surface area contributed by atoms with Crippen molar-refractivity contribution in [3.8, 4) is 0 Å². The number of rotatable bonds is 3. The summed E-state index contributed by atoms with van der Waals surface area (Å²) in [4.78, 5) is 0. The van der Waals surface area contributed by atoms with Gasteiger partial charge in [0.15, 0.2) is 0 Å². The Morgan fingerprint density at radius 2 is 1.89 bits per heavy atom. The van der Waals surface area contributed by atoms with Crippen LogP contribution in [-0.2, 0) is 0 Å². The molecule has 0 heterocycles. The third kappa shape index (κ3) is 3.47. The smallest absolute Gasteiger partial charge is 0.0294 e. The molecule has 0 saturated heterocycles. The van der Waals surface area contributed by atoms with Crippen molar-refractivity contribution in [3.63, 3.8) is 0 Å². The second kappa shape index (κ2) is 5.91. The van der Waals surface area contributed by atoms with E-state index in [4.69, 9.17) is 0 Å². The SMILES string of the molecule is CC(NC1CCCCC1(C)C)c1ccc(I)cc1. The summed E-state index contributed by atoms with van der Waals surface area (Å²) in [6.45, 7) is 7.10. The minimum Gasteiger partial charge on any atom is -0.307 e. The molecule has 1 nitrogen and oxygen atoms in total. The lowest BCUT2D eigenvalue weighted by molar-refractivity contribution is 0.157. The van der Waals surface area contributed by atoms with Gasteiger partial charge >= 0.3 is 0 Å². The van der Waals surface area contributed by atoms with Crippen LogP contribution in [0.5, 0.6) is 0 Å². The Bertz CT molecular complexity index is 383. The number of benzene rings is 1. The van der Waals surface area contributed by atoms with E-state index in [1.807, 2.05) is 0 Å². The monoisotopic (exact) mass is 357 g/mol. The van der Waals surface area contributed by atoms with Gasteiger partial charge in [-0.05, 0) is 65.5 Å². The van der Waals surface area contributed by atoms with Gasteiger partial charge < -0.3 is 5.32 Å². The largest absolute Gasteiger partial charge is 0.307 e. The van der Waals surface area contributed by atoms with E-state index in [-0.39, 0.29) is 0 Å². The van der Waals surface area contributed by atoms with Crippen molar-refractivity contribution in [1.29, 1.82) is 0 Å². The molecule has 0 spiro atoms. The average Bonchev–Trinajstić information content (AvgIpc) is 2.32. The summed E-state index contributed by atoms with van der Waals surface area (Å²) in [7, 11) is 0. The van der Waals surface area contributed by atoms with Gasteiger partial charge in [0.25, 0.3) is 0 Å². The zero-order valence-electron chi connectivity index (χ0n) is 11.7. The van der Waals surface area contributed by atoms with Gasteiger partial charge in [-0.15, -0.1) is 0 Å². The predicted molar refractivity (Wildman–Crippen MR) is 86.7 cm³/mol. The number of hydrogen-bond acceptors (Lipinski definition) is 1. The van der Waals surface area contributed by atoms with Crippen molar-refractivity contribution in [2.45, 2.75) is 58.5 Å². The van der Waals surface area contributed by atoms with E-state index in [1.165, 1.54) is 34.8 Å². The molecule has 100 valence electrons. The van der Waals surface area contributed by atoms with E-state index in [0.717, 1.165) is 0 Å². The molecule has 2 rings (SSSR count). The van der Waals surface area contributed by atoms with Gasteiger partial charge in [-0.25, -0.2) is 0 Å². The third-order valence-electron chi connectivity index (χ3n) is 4.33. The van der Waals surface area contributed by atoms with E-state index >= 15 is 0 Å². The van der Waals surface area contributed by atoms with Crippen LogP contribution in [0.4, 0.5) is 0 Å². The lowest BCUT2D eigenvalue weighted by atomic mass is 9.73. The fourth-order valence-corrected chi connectivity index (χ4v) is 3.31. The predicted octanol–water partition coefficient (Wildman–Crippen LogP) is 4.91. The van der Waals surface area contributed by atoms with Gasteiger partial charge in [0.1, 0.15) is 0 Å². The van der Waals surface area contributed by atoms with Crippen LogP contribution < -0.4 is 5.32 Å². The van der Waals surface area contributed by atoms with Crippen molar-refractivity contribution in [1.82, 2.24) is 5.32 Å². The molecular formula is C16H24IN. The average molecular weight is 357 g/mol. The van der Waals surface area contributed by atoms with E-state index in [1.54, 1.807) is 0 Å². The Hall–Kier alpha value is -0.0900. The van der Waals surface area contributed by atoms with Crippen LogP contribution >= 0.6 is 22.6 Å². The van der Waals surface area contributed by atoms with Gasteiger partial charge in [0.2, 0.25) is 0 Å². The second-order valence-corrected chi connectivity index (χ2v) is 7.47. The molecule has 1 aromatic rings. The molecule has 2 heteroatoms. The highest BCUT2D eigenvalue weighted by Crippen LogP contribution is 2.36. The zero-order chi connectivity index (χ0) is 13.2. The quantitative estimate of drug-likeness (QED) is 0.758. The van der Waals surface area contributed by atoms with Crippen molar-refractivity contribution in [2.24, 2.45) is 5.41 Å². The first-order valence-electron chi connectivity index (χ1n) is 7.00. The first-order valence-corrected chi connectivity index (χ1v) is 8.08. The second-order valence-electron chi connectivity index (χ2n) is 6.23. The Morgan fingerprint density at radius 3 is 2.50 bits per heavy atom. The molecule has 0 bridgehead atoms. The molecule has 0 radical (unpaired) electrons. The van der Waals surface area contributed by atoms with Crippen LogP contribution in [0.2, 0.25) is 0 Å². The van der Waals surface area contributed by atoms with Crippen LogP contribution in [0.1, 0.15) is 58.1 Å². The molecule has 0 aromatic heterocycles. The van der Waals surface area contributed by atoms with Gasteiger partial charge in [0.05, 0.1) is 0 Å². The molecule has 1 aromatic carbocycles. The van der Waals surface area contributed by atoms with Crippen LogP contribution in [0.25, 0.3) is 0 Å². The van der Waals surface area contributed by atoms with Crippen molar-refractivity contribution >= 4 is 22.6 Å². The number of nitrogens with one attached hydrogen (secondary N) is 1. The van der Waals surface area contributed by atoms with E-state index in [0.29, 0.717) is 17.5 Å². The third-order valence-corrected chi connectivity index (χ3v) is 5.05. The summed E-state index contributed by atoms with van der Waals surface area (Å²) in [6, 6.07) is 9.98. The first-order chi connectivity index (χ1) is 8.49. The maximum atomic E-state index is 3.84. The van der Waals surface area contributed by atoms with E-state index in [2.05, 4.69) is 72.9 Å². The Morgan fingerprint density at radius 1 is 1.22 bits per heavy atom. The Balaban J connectivity index is 2.02. The highest BCUT2D eigenvalue weighted by atomic mass is 127. The molecule has 1 aliphatic rings. The van der Waals surface area contributed by atoms with Gasteiger partial charge in [-0.2, -0.15) is 0 Å². The zero-order valence-corrected chi connectivity index (χ0v) is 13.8. The number of halogens is 1. The summed E-state index contributed by atoms with van der Waals surface area (Å²) in [5.74, 6) is 0. The molecule has 2 unspecified atom stereocenters. The lowest BCUT2D eigenvalue weighted by Gasteiger charge is -2.40. The first kappa shape index (κ1) is 14.3. The van der Waals surface area contributed by atoms with Crippen molar-refractivity contribution in [2.75, 3.05) is 0 Å². The maximum absolute atomic E-state index is 3.84. The van der Waals surface area contributed by atoms with Gasteiger partial charge in [-0.1, -0.05) is 38.8 Å². The van der Waals surface area contributed by atoms with Crippen LogP contribution in [0.15, 0.2) is 24.3 Å².